The maximum atomic E-state index is 13.2. The lowest BCUT2D eigenvalue weighted by Gasteiger charge is -2.14. The zero-order valence-electron chi connectivity index (χ0n) is 17.6. The molecule has 0 aliphatic heterocycles. The topological polar surface area (TPSA) is 90.3 Å². The van der Waals surface area contributed by atoms with E-state index in [9.17, 15) is 14.4 Å². The van der Waals surface area contributed by atoms with Crippen LogP contribution in [0.25, 0.3) is 10.2 Å². The predicted molar refractivity (Wildman–Crippen MR) is 124 cm³/mol. The molecule has 2 aromatic carbocycles. The first-order chi connectivity index (χ1) is 15.5. The summed E-state index contributed by atoms with van der Waals surface area (Å²) in [7, 11) is 0. The van der Waals surface area contributed by atoms with Crippen LogP contribution in [0.4, 0.5) is 5.69 Å². The molecule has 0 radical (unpaired) electrons. The minimum absolute atomic E-state index is 0.141. The number of amides is 1. The van der Waals surface area contributed by atoms with E-state index >= 15 is 0 Å². The van der Waals surface area contributed by atoms with Gasteiger partial charge in [-0.05, 0) is 37.1 Å². The highest BCUT2D eigenvalue weighted by atomic mass is 32.1. The van der Waals surface area contributed by atoms with Crippen LogP contribution in [0.15, 0.2) is 71.8 Å². The molecule has 32 heavy (non-hydrogen) atoms. The van der Waals surface area contributed by atoms with Gasteiger partial charge >= 0.3 is 5.97 Å². The van der Waals surface area contributed by atoms with Crippen molar-refractivity contribution >= 4 is 39.1 Å². The van der Waals surface area contributed by atoms with E-state index in [0.717, 1.165) is 16.9 Å². The summed E-state index contributed by atoms with van der Waals surface area (Å²) in [6.07, 6.45) is 1.34. The van der Waals surface area contributed by atoms with Gasteiger partial charge in [0.2, 0.25) is 5.91 Å². The number of hydrogen-bond acceptors (Lipinski definition) is 6. The number of esters is 1. The molecule has 2 aromatic heterocycles. The van der Waals surface area contributed by atoms with Gasteiger partial charge in [0.1, 0.15) is 22.4 Å². The molecule has 0 spiro atoms. The number of nitrogens with one attached hydrogen (secondary N) is 1. The number of rotatable bonds is 6. The molecule has 4 rings (SSSR count). The summed E-state index contributed by atoms with van der Waals surface area (Å²) in [5, 5.41) is 3.11. The van der Waals surface area contributed by atoms with E-state index in [-0.39, 0.29) is 18.1 Å². The second-order valence-corrected chi connectivity index (χ2v) is 8.29. The molecule has 0 saturated heterocycles. The fraction of sp³-hybridized carbons (Fsp3) is 0.167. The van der Waals surface area contributed by atoms with E-state index in [1.807, 2.05) is 48.5 Å². The van der Waals surface area contributed by atoms with Crippen LogP contribution in [0.2, 0.25) is 0 Å². The lowest BCUT2D eigenvalue weighted by Crippen LogP contribution is -2.31. The van der Waals surface area contributed by atoms with E-state index in [4.69, 9.17) is 4.74 Å². The van der Waals surface area contributed by atoms with Gasteiger partial charge in [-0.25, -0.2) is 9.78 Å². The van der Waals surface area contributed by atoms with Gasteiger partial charge < -0.3 is 10.1 Å². The van der Waals surface area contributed by atoms with Crippen molar-refractivity contribution in [1.82, 2.24) is 9.55 Å². The van der Waals surface area contributed by atoms with Crippen molar-refractivity contribution in [1.29, 1.82) is 0 Å². The Labute approximate surface area is 188 Å². The fourth-order valence-electron chi connectivity index (χ4n) is 3.29. The van der Waals surface area contributed by atoms with E-state index in [2.05, 4.69) is 10.3 Å². The Bertz CT molecular complexity index is 1330. The SMILES string of the molecule is Cc1c(C(=O)OCc2ccccc2)sc2ncn(C(C)C(=O)Nc3ccccc3)c(=O)c12. The number of benzene rings is 2. The van der Waals surface area contributed by atoms with Crippen molar-refractivity contribution in [3.63, 3.8) is 0 Å². The largest absolute Gasteiger partial charge is 0.457 e. The number of aromatic nitrogens is 2. The van der Waals surface area contributed by atoms with Crippen LogP contribution < -0.4 is 10.9 Å². The van der Waals surface area contributed by atoms with Crippen LogP contribution in [0.3, 0.4) is 0 Å². The van der Waals surface area contributed by atoms with Crippen molar-refractivity contribution in [3.8, 4) is 0 Å². The molecule has 0 aliphatic rings. The summed E-state index contributed by atoms with van der Waals surface area (Å²) in [6, 6.07) is 17.6. The number of para-hydroxylation sites is 1. The van der Waals surface area contributed by atoms with E-state index in [1.54, 1.807) is 26.0 Å². The molecule has 0 bridgehead atoms. The molecule has 1 unspecified atom stereocenters. The first kappa shape index (κ1) is 21.5. The summed E-state index contributed by atoms with van der Waals surface area (Å²) < 4.78 is 6.69. The van der Waals surface area contributed by atoms with Crippen molar-refractivity contribution in [3.05, 3.63) is 93.3 Å². The van der Waals surface area contributed by atoms with Crippen LogP contribution in [0.5, 0.6) is 0 Å². The Kier molecular flexibility index (Phi) is 6.13. The molecule has 0 fully saturated rings. The predicted octanol–water partition coefficient (Wildman–Crippen LogP) is 4.32. The quantitative estimate of drug-likeness (QED) is 0.445. The van der Waals surface area contributed by atoms with E-state index in [1.165, 1.54) is 10.9 Å². The molecule has 1 amide bonds. The fourth-order valence-corrected chi connectivity index (χ4v) is 4.32. The smallest absolute Gasteiger partial charge is 0.349 e. The Morgan fingerprint density at radius 1 is 1.09 bits per heavy atom. The summed E-state index contributed by atoms with van der Waals surface area (Å²) in [5.74, 6) is -0.843. The molecule has 2 heterocycles. The van der Waals surface area contributed by atoms with E-state index in [0.29, 0.717) is 26.3 Å². The van der Waals surface area contributed by atoms with Crippen LogP contribution in [-0.4, -0.2) is 21.4 Å². The van der Waals surface area contributed by atoms with Crippen molar-refractivity contribution in [2.24, 2.45) is 0 Å². The highest BCUT2D eigenvalue weighted by Crippen LogP contribution is 2.28. The normalized spacial score (nSPS) is 11.8. The standard InChI is InChI=1S/C24H21N3O4S/c1-15-19-22(32-20(15)24(30)31-13-17-9-5-3-6-10-17)25-14-27(23(19)29)16(2)21(28)26-18-11-7-4-8-12-18/h3-12,14,16H,13H2,1-2H3,(H,26,28). The number of carbonyl (C=O) groups excluding carboxylic acids is 2. The summed E-state index contributed by atoms with van der Waals surface area (Å²) in [6.45, 7) is 3.46. The highest BCUT2D eigenvalue weighted by molar-refractivity contribution is 7.20. The number of ether oxygens (including phenoxy) is 1. The molecule has 4 aromatic rings. The summed E-state index contributed by atoms with van der Waals surface area (Å²) in [5.41, 5.74) is 1.65. The third-order valence-corrected chi connectivity index (χ3v) is 6.29. The molecule has 7 nitrogen and oxygen atoms in total. The highest BCUT2D eigenvalue weighted by Gasteiger charge is 2.23. The minimum atomic E-state index is -0.785. The monoisotopic (exact) mass is 447 g/mol. The number of aryl methyl sites for hydroxylation is 1. The van der Waals surface area contributed by atoms with E-state index < -0.39 is 12.0 Å². The van der Waals surface area contributed by atoms with Crippen LogP contribution in [0, 0.1) is 6.92 Å². The van der Waals surface area contributed by atoms with Gasteiger partial charge in [-0.15, -0.1) is 11.3 Å². The number of thiophene rings is 1. The maximum absolute atomic E-state index is 13.2. The second kappa shape index (κ2) is 9.15. The Balaban J connectivity index is 1.58. The molecular formula is C24H21N3O4S. The lowest BCUT2D eigenvalue weighted by molar-refractivity contribution is -0.118. The lowest BCUT2D eigenvalue weighted by atomic mass is 10.2. The van der Waals surface area contributed by atoms with Crippen LogP contribution in [-0.2, 0) is 16.1 Å². The molecule has 1 atom stereocenters. The molecule has 1 N–H and O–H groups in total. The van der Waals surface area contributed by atoms with Crippen molar-refractivity contribution in [2.75, 3.05) is 5.32 Å². The number of nitrogens with zero attached hydrogens (tertiary/aromatic N) is 2. The minimum Gasteiger partial charge on any atom is -0.457 e. The maximum Gasteiger partial charge on any atom is 0.349 e. The average Bonchev–Trinajstić information content (AvgIpc) is 3.16. The van der Waals surface area contributed by atoms with Gasteiger partial charge in [0.15, 0.2) is 0 Å². The summed E-state index contributed by atoms with van der Waals surface area (Å²) >= 11 is 1.11. The average molecular weight is 448 g/mol. The van der Waals surface area contributed by atoms with Gasteiger partial charge in [0.25, 0.3) is 5.56 Å². The third-order valence-electron chi connectivity index (χ3n) is 5.11. The van der Waals surface area contributed by atoms with Gasteiger partial charge in [-0.2, -0.15) is 0 Å². The zero-order valence-corrected chi connectivity index (χ0v) is 18.4. The second-order valence-electron chi connectivity index (χ2n) is 7.29. The first-order valence-electron chi connectivity index (χ1n) is 10.0. The molecule has 162 valence electrons. The molecule has 0 saturated carbocycles. The third kappa shape index (κ3) is 4.31. The molecule has 8 heteroatoms. The Hall–Kier alpha value is -3.78. The van der Waals surface area contributed by atoms with Gasteiger partial charge in [0.05, 0.1) is 11.7 Å². The number of hydrogen-bond donors (Lipinski definition) is 1. The van der Waals surface area contributed by atoms with Crippen LogP contribution >= 0.6 is 11.3 Å². The first-order valence-corrected chi connectivity index (χ1v) is 10.8. The van der Waals surface area contributed by atoms with Crippen molar-refractivity contribution < 1.29 is 14.3 Å². The Morgan fingerprint density at radius 3 is 2.44 bits per heavy atom. The number of fused-ring (bicyclic) bond motifs is 1. The number of anilines is 1. The summed E-state index contributed by atoms with van der Waals surface area (Å²) in [4.78, 5) is 43.5. The van der Waals surface area contributed by atoms with Crippen molar-refractivity contribution in [2.45, 2.75) is 26.5 Å². The number of carbonyl (C=O) groups is 2. The van der Waals surface area contributed by atoms with Gasteiger partial charge in [-0.3, -0.25) is 14.2 Å². The van der Waals surface area contributed by atoms with Gasteiger partial charge in [0, 0.05) is 5.69 Å². The Morgan fingerprint density at radius 2 is 1.75 bits per heavy atom. The molecule has 0 aliphatic carbocycles. The van der Waals surface area contributed by atoms with Crippen LogP contribution in [0.1, 0.15) is 33.8 Å². The zero-order chi connectivity index (χ0) is 22.7. The molecular weight excluding hydrogens is 426 g/mol. The van der Waals surface area contributed by atoms with Gasteiger partial charge in [-0.1, -0.05) is 48.5 Å².